The molecule has 4 aromatic rings. The zero-order valence-corrected chi connectivity index (χ0v) is 16.1. The van der Waals surface area contributed by atoms with Crippen LogP contribution in [0.2, 0.25) is 0 Å². The molecular formula is C19H12F3N5O2S. The lowest BCUT2D eigenvalue weighted by molar-refractivity contribution is -0.137. The molecule has 0 aliphatic carbocycles. The normalized spacial score (nSPS) is 11.5. The third kappa shape index (κ3) is 4.20. The van der Waals surface area contributed by atoms with E-state index >= 15 is 0 Å². The molecule has 30 heavy (non-hydrogen) atoms. The zero-order valence-electron chi connectivity index (χ0n) is 15.3. The number of amides is 1. The van der Waals surface area contributed by atoms with E-state index in [1.807, 2.05) is 0 Å². The van der Waals surface area contributed by atoms with Gasteiger partial charge in [0, 0.05) is 35.1 Å². The summed E-state index contributed by atoms with van der Waals surface area (Å²) in [5.41, 5.74) is 0.299. The minimum atomic E-state index is -4.47. The molecule has 0 aliphatic heterocycles. The maximum Gasteiger partial charge on any atom is 0.416 e. The first-order valence-electron chi connectivity index (χ1n) is 8.53. The van der Waals surface area contributed by atoms with Crippen LogP contribution in [-0.4, -0.2) is 25.5 Å². The minimum absolute atomic E-state index is 0.0940. The molecule has 0 radical (unpaired) electrons. The van der Waals surface area contributed by atoms with Crippen molar-refractivity contribution in [2.24, 2.45) is 0 Å². The average Bonchev–Trinajstić information content (AvgIpc) is 3.37. The maximum atomic E-state index is 12.9. The Balaban J connectivity index is 1.53. The summed E-state index contributed by atoms with van der Waals surface area (Å²) < 4.78 is 48.1. The van der Waals surface area contributed by atoms with Crippen molar-refractivity contribution in [2.45, 2.75) is 13.1 Å². The van der Waals surface area contributed by atoms with Gasteiger partial charge < -0.3 is 4.42 Å². The molecule has 1 amide bonds. The van der Waals surface area contributed by atoms with Gasteiger partial charge in [-0.05, 0) is 30.3 Å². The molecule has 0 spiro atoms. The van der Waals surface area contributed by atoms with Gasteiger partial charge in [-0.1, -0.05) is 18.2 Å². The van der Waals surface area contributed by atoms with E-state index in [0.717, 1.165) is 23.7 Å². The zero-order chi connectivity index (χ0) is 21.3. The molecule has 1 N–H and O–H groups in total. The third-order valence-corrected chi connectivity index (χ3v) is 4.62. The van der Waals surface area contributed by atoms with Gasteiger partial charge in [-0.2, -0.15) is 22.5 Å². The highest BCUT2D eigenvalue weighted by Crippen LogP contribution is 2.32. The number of rotatable bonds is 4. The van der Waals surface area contributed by atoms with Crippen molar-refractivity contribution >= 4 is 22.6 Å². The van der Waals surface area contributed by atoms with Crippen LogP contribution in [0.25, 0.3) is 22.8 Å². The van der Waals surface area contributed by atoms with Gasteiger partial charge in [-0.25, -0.2) is 0 Å². The molecule has 0 fully saturated rings. The lowest BCUT2D eigenvalue weighted by Crippen LogP contribution is -2.11. The van der Waals surface area contributed by atoms with Crippen LogP contribution in [0.1, 0.15) is 21.8 Å². The first-order valence-corrected chi connectivity index (χ1v) is 9.30. The van der Waals surface area contributed by atoms with E-state index in [2.05, 4.69) is 24.9 Å². The molecule has 152 valence electrons. The van der Waals surface area contributed by atoms with Crippen molar-refractivity contribution in [3.63, 3.8) is 0 Å². The fraction of sp³-hybridized carbons (Fsp3) is 0.105. The van der Waals surface area contributed by atoms with Crippen LogP contribution in [0.4, 0.5) is 18.3 Å². The fourth-order valence-corrected chi connectivity index (χ4v) is 3.19. The lowest BCUT2D eigenvalue weighted by atomic mass is 10.1. The summed E-state index contributed by atoms with van der Waals surface area (Å²) in [4.78, 5) is 16.7. The van der Waals surface area contributed by atoms with Crippen molar-refractivity contribution in [1.82, 2.24) is 19.6 Å². The molecule has 0 saturated heterocycles. The van der Waals surface area contributed by atoms with Gasteiger partial charge in [-0.15, -0.1) is 10.2 Å². The average molecular weight is 431 g/mol. The Morgan fingerprint density at radius 3 is 2.57 bits per heavy atom. The number of alkyl halides is 3. The molecule has 0 atom stereocenters. The summed E-state index contributed by atoms with van der Waals surface area (Å²) in [6.45, 7) is 1.66. The van der Waals surface area contributed by atoms with Crippen molar-refractivity contribution in [3.8, 4) is 22.8 Å². The second-order valence-electron chi connectivity index (χ2n) is 6.16. The smallest absolute Gasteiger partial charge is 0.416 e. The molecule has 0 bridgehead atoms. The van der Waals surface area contributed by atoms with Crippen molar-refractivity contribution < 1.29 is 22.4 Å². The number of anilines is 1. The van der Waals surface area contributed by atoms with E-state index in [-0.39, 0.29) is 22.4 Å². The van der Waals surface area contributed by atoms with Gasteiger partial charge in [0.25, 0.3) is 5.91 Å². The van der Waals surface area contributed by atoms with Gasteiger partial charge in [0.15, 0.2) is 5.82 Å². The Hall–Kier alpha value is -3.60. The Morgan fingerprint density at radius 1 is 1.07 bits per heavy atom. The molecule has 2 aromatic heterocycles. The molecule has 4 rings (SSSR count). The van der Waals surface area contributed by atoms with E-state index in [4.69, 9.17) is 4.42 Å². The highest BCUT2D eigenvalue weighted by molar-refractivity contribution is 7.10. The highest BCUT2D eigenvalue weighted by atomic mass is 32.1. The quantitative estimate of drug-likeness (QED) is 0.497. The van der Waals surface area contributed by atoms with Gasteiger partial charge in [0.05, 0.1) is 5.56 Å². The summed E-state index contributed by atoms with van der Waals surface area (Å²) in [5, 5.41) is 10.4. The minimum Gasteiger partial charge on any atom is -0.421 e. The monoisotopic (exact) mass is 431 g/mol. The predicted octanol–water partition coefficient (Wildman–Crippen LogP) is 4.83. The Morgan fingerprint density at radius 2 is 1.83 bits per heavy atom. The van der Waals surface area contributed by atoms with Gasteiger partial charge >= 0.3 is 6.18 Å². The first-order chi connectivity index (χ1) is 14.3. The molecule has 0 unspecified atom stereocenters. The van der Waals surface area contributed by atoms with Crippen molar-refractivity contribution in [1.29, 1.82) is 0 Å². The lowest BCUT2D eigenvalue weighted by Gasteiger charge is -2.06. The van der Waals surface area contributed by atoms with Crippen molar-refractivity contribution in [2.75, 3.05) is 5.32 Å². The fourth-order valence-electron chi connectivity index (χ4n) is 2.60. The molecular weight excluding hydrogens is 419 g/mol. The van der Waals surface area contributed by atoms with E-state index < -0.39 is 17.6 Å². The number of carbonyl (C=O) groups excluding carboxylic acids is 1. The van der Waals surface area contributed by atoms with Gasteiger partial charge in [0.1, 0.15) is 0 Å². The highest BCUT2D eigenvalue weighted by Gasteiger charge is 2.30. The van der Waals surface area contributed by atoms with Crippen LogP contribution in [0.15, 0.2) is 52.9 Å². The van der Waals surface area contributed by atoms with E-state index in [1.165, 1.54) is 12.1 Å². The first kappa shape index (κ1) is 19.7. The second kappa shape index (κ2) is 7.67. The van der Waals surface area contributed by atoms with E-state index in [1.54, 1.807) is 31.2 Å². The largest absolute Gasteiger partial charge is 0.421 e. The van der Waals surface area contributed by atoms with E-state index in [0.29, 0.717) is 17.0 Å². The number of carbonyl (C=O) groups is 1. The van der Waals surface area contributed by atoms with Gasteiger partial charge in [0.2, 0.25) is 16.9 Å². The summed E-state index contributed by atoms with van der Waals surface area (Å²) in [6.07, 6.45) is -4.47. The number of nitrogens with one attached hydrogen (secondary N) is 1. The number of nitrogens with zero attached hydrogens (tertiary/aromatic N) is 4. The molecule has 7 nitrogen and oxygen atoms in total. The molecule has 0 aliphatic rings. The Labute approximate surface area is 171 Å². The van der Waals surface area contributed by atoms with Crippen LogP contribution in [0.3, 0.4) is 0 Å². The number of hydrogen-bond donors (Lipinski definition) is 1. The van der Waals surface area contributed by atoms with Crippen LogP contribution in [0.5, 0.6) is 0 Å². The summed E-state index contributed by atoms with van der Waals surface area (Å²) in [6, 6.07) is 11.2. The number of aryl methyl sites for hydroxylation is 1. The number of hydrogen-bond acceptors (Lipinski definition) is 7. The summed E-state index contributed by atoms with van der Waals surface area (Å²) in [7, 11) is 0. The second-order valence-corrected chi connectivity index (χ2v) is 6.91. The van der Waals surface area contributed by atoms with Crippen LogP contribution >= 0.6 is 11.5 Å². The van der Waals surface area contributed by atoms with Gasteiger partial charge in [-0.3, -0.25) is 10.1 Å². The predicted molar refractivity (Wildman–Crippen MR) is 103 cm³/mol. The summed E-state index contributed by atoms with van der Waals surface area (Å²) >= 11 is 0.869. The van der Waals surface area contributed by atoms with E-state index in [9.17, 15) is 18.0 Å². The maximum absolute atomic E-state index is 12.9. The number of benzene rings is 2. The Bertz CT molecular complexity index is 1220. The summed E-state index contributed by atoms with van der Waals surface area (Å²) in [5.74, 6) is 0.317. The number of aromatic nitrogens is 4. The molecule has 2 aromatic carbocycles. The molecule has 2 heterocycles. The number of halogens is 3. The van der Waals surface area contributed by atoms with Crippen LogP contribution < -0.4 is 5.32 Å². The third-order valence-electron chi connectivity index (χ3n) is 3.99. The topological polar surface area (TPSA) is 93.8 Å². The SMILES string of the molecule is Cc1nnc(-c2cccc(C(=O)Nc3nc(-c4cccc(C(F)(F)F)c4)ns3)c2)o1. The molecule has 11 heteroatoms. The molecule has 0 saturated carbocycles. The standard InChI is InChI=1S/C19H12F3N5O2S/c1-10-25-26-17(29-10)13-6-2-5-12(8-13)16(28)24-18-23-15(27-30-18)11-4-3-7-14(9-11)19(20,21)22/h2-9H,1H3,(H,23,24,27,28). The Kier molecular flexibility index (Phi) is 5.04. The van der Waals surface area contributed by atoms with Crippen molar-refractivity contribution in [3.05, 3.63) is 65.5 Å². The van der Waals surface area contributed by atoms with Crippen LogP contribution in [0, 0.1) is 6.92 Å². The van der Waals surface area contributed by atoms with Crippen LogP contribution in [-0.2, 0) is 6.18 Å².